The molecule has 0 saturated carbocycles. The van der Waals surface area contributed by atoms with E-state index in [2.05, 4.69) is 30.6 Å². The van der Waals surface area contributed by atoms with Crippen LogP contribution in [0.25, 0.3) is 0 Å². The van der Waals surface area contributed by atoms with Gasteiger partial charge in [0, 0.05) is 23.7 Å². The first kappa shape index (κ1) is 15.7. The molecule has 0 aromatic heterocycles. The van der Waals surface area contributed by atoms with E-state index >= 15 is 0 Å². The highest BCUT2D eigenvalue weighted by atomic mass is 19.1. The molecule has 0 saturated heterocycles. The molecule has 0 aliphatic rings. The Bertz CT molecular complexity index is 456. The number of nitrogens with two attached hydrogens (primary N) is 1. The van der Waals surface area contributed by atoms with Crippen LogP contribution in [0.3, 0.4) is 0 Å². The van der Waals surface area contributed by atoms with Crippen LogP contribution < -0.4 is 5.73 Å². The first-order valence-corrected chi connectivity index (χ1v) is 6.79. The zero-order valence-electron chi connectivity index (χ0n) is 12.0. The molecule has 3 heteroatoms. The van der Waals surface area contributed by atoms with E-state index in [1.807, 2.05) is 19.2 Å². The van der Waals surface area contributed by atoms with Crippen LogP contribution in [0.4, 0.5) is 4.39 Å². The van der Waals surface area contributed by atoms with Gasteiger partial charge in [-0.25, -0.2) is 4.39 Å². The third-order valence-electron chi connectivity index (χ3n) is 3.37. The van der Waals surface area contributed by atoms with Gasteiger partial charge in [0.2, 0.25) is 0 Å². The molecule has 19 heavy (non-hydrogen) atoms. The van der Waals surface area contributed by atoms with Gasteiger partial charge in [0.1, 0.15) is 5.82 Å². The summed E-state index contributed by atoms with van der Waals surface area (Å²) in [4.78, 5) is 2.20. The minimum absolute atomic E-state index is 0.193. The molecular weight excluding hydrogens is 239 g/mol. The summed E-state index contributed by atoms with van der Waals surface area (Å²) in [7, 11) is 2.04. The molecule has 0 aliphatic heterocycles. The van der Waals surface area contributed by atoms with E-state index in [0.29, 0.717) is 30.3 Å². The molecule has 0 atom stereocenters. The monoisotopic (exact) mass is 262 g/mol. The van der Waals surface area contributed by atoms with Crippen molar-refractivity contribution in [2.24, 2.45) is 5.73 Å². The van der Waals surface area contributed by atoms with E-state index < -0.39 is 0 Å². The minimum atomic E-state index is -0.193. The first-order chi connectivity index (χ1) is 9.12. The molecule has 0 unspecified atom stereocenters. The zero-order chi connectivity index (χ0) is 14.3. The van der Waals surface area contributed by atoms with Gasteiger partial charge in [0.15, 0.2) is 0 Å². The fraction of sp³-hybridized carbons (Fsp3) is 0.500. The second kappa shape index (κ2) is 7.93. The molecule has 0 spiro atoms. The van der Waals surface area contributed by atoms with Crippen LogP contribution in [0.5, 0.6) is 0 Å². The maximum atomic E-state index is 14.0. The lowest BCUT2D eigenvalue weighted by Crippen LogP contribution is -2.30. The van der Waals surface area contributed by atoms with Crippen LogP contribution in [-0.2, 0) is 6.54 Å². The fourth-order valence-electron chi connectivity index (χ4n) is 2.22. The Hall–Kier alpha value is -1.37. The number of rotatable bonds is 5. The second-order valence-electron chi connectivity index (χ2n) is 4.70. The molecule has 0 radical (unpaired) electrons. The molecule has 0 bridgehead atoms. The third-order valence-corrected chi connectivity index (χ3v) is 3.37. The predicted molar refractivity (Wildman–Crippen MR) is 78.2 cm³/mol. The Labute approximate surface area is 115 Å². The maximum absolute atomic E-state index is 14.0. The fourth-order valence-corrected chi connectivity index (χ4v) is 2.22. The Morgan fingerprint density at radius 3 is 2.53 bits per heavy atom. The second-order valence-corrected chi connectivity index (χ2v) is 4.70. The van der Waals surface area contributed by atoms with Crippen molar-refractivity contribution in [3.63, 3.8) is 0 Å². The summed E-state index contributed by atoms with van der Waals surface area (Å²) >= 11 is 0. The highest BCUT2D eigenvalue weighted by molar-refractivity contribution is 5.37. The summed E-state index contributed by atoms with van der Waals surface area (Å²) in [5.74, 6) is 5.38. The summed E-state index contributed by atoms with van der Waals surface area (Å²) in [6, 6.07) is 5.64. The van der Waals surface area contributed by atoms with Crippen molar-refractivity contribution in [3.05, 3.63) is 35.1 Å². The normalized spacial score (nSPS) is 10.7. The number of nitrogens with zero attached hydrogens (tertiary/aromatic N) is 1. The summed E-state index contributed by atoms with van der Waals surface area (Å²) < 4.78 is 14.0. The zero-order valence-corrected chi connectivity index (χ0v) is 12.0. The molecule has 104 valence electrons. The van der Waals surface area contributed by atoms with E-state index in [0.717, 1.165) is 12.8 Å². The average molecular weight is 262 g/mol. The average Bonchev–Trinajstić information content (AvgIpc) is 2.40. The molecule has 1 aromatic carbocycles. The molecule has 0 fully saturated rings. The van der Waals surface area contributed by atoms with Gasteiger partial charge in [-0.15, -0.1) is 0 Å². The SMILES string of the molecule is CCC(CC)N(C)Cc1ccc(C#CCN)cc1F. The van der Waals surface area contributed by atoms with Crippen molar-refractivity contribution in [3.8, 4) is 11.8 Å². The Morgan fingerprint density at radius 2 is 2.00 bits per heavy atom. The number of hydrogen-bond donors (Lipinski definition) is 1. The Morgan fingerprint density at radius 1 is 1.32 bits per heavy atom. The van der Waals surface area contributed by atoms with Crippen molar-refractivity contribution in [1.29, 1.82) is 0 Å². The van der Waals surface area contributed by atoms with E-state index in [9.17, 15) is 4.39 Å². The molecule has 0 heterocycles. The van der Waals surface area contributed by atoms with E-state index in [-0.39, 0.29) is 5.82 Å². The Kier molecular flexibility index (Phi) is 6.55. The van der Waals surface area contributed by atoms with Crippen molar-refractivity contribution in [1.82, 2.24) is 4.90 Å². The highest BCUT2D eigenvalue weighted by Gasteiger charge is 2.12. The van der Waals surface area contributed by atoms with E-state index in [4.69, 9.17) is 5.73 Å². The van der Waals surface area contributed by atoms with Crippen LogP contribution in [0.15, 0.2) is 18.2 Å². The van der Waals surface area contributed by atoms with Gasteiger partial charge >= 0.3 is 0 Å². The lowest BCUT2D eigenvalue weighted by molar-refractivity contribution is 0.219. The maximum Gasteiger partial charge on any atom is 0.128 e. The number of halogens is 1. The molecular formula is C16H23FN2. The first-order valence-electron chi connectivity index (χ1n) is 6.79. The number of hydrogen-bond acceptors (Lipinski definition) is 2. The summed E-state index contributed by atoms with van der Waals surface area (Å²) in [5.41, 5.74) is 6.69. The Balaban J connectivity index is 2.80. The van der Waals surface area contributed by atoms with E-state index in [1.54, 1.807) is 0 Å². The van der Waals surface area contributed by atoms with Crippen molar-refractivity contribution in [2.45, 2.75) is 39.3 Å². The molecule has 0 aliphatic carbocycles. The molecule has 0 amide bonds. The number of benzene rings is 1. The molecule has 1 aromatic rings. The van der Waals surface area contributed by atoms with Gasteiger partial charge in [-0.05, 0) is 32.0 Å². The quantitative estimate of drug-likeness (QED) is 0.827. The molecule has 2 nitrogen and oxygen atoms in total. The van der Waals surface area contributed by atoms with Gasteiger partial charge in [-0.3, -0.25) is 4.90 Å². The van der Waals surface area contributed by atoms with Crippen LogP contribution in [0, 0.1) is 17.7 Å². The summed E-state index contributed by atoms with van der Waals surface area (Å²) in [5, 5.41) is 0. The molecule has 1 rings (SSSR count). The topological polar surface area (TPSA) is 29.3 Å². The molecule has 2 N–H and O–H groups in total. The van der Waals surface area contributed by atoms with Crippen LogP contribution in [0.1, 0.15) is 37.8 Å². The standard InChI is InChI=1S/C16H23FN2/c1-4-15(5-2)19(3)12-14-9-8-13(7-6-10-18)11-16(14)17/h8-9,11,15H,4-5,10,12,18H2,1-3H3. The van der Waals surface area contributed by atoms with Crippen molar-refractivity contribution >= 4 is 0 Å². The third kappa shape index (κ3) is 4.66. The van der Waals surface area contributed by atoms with Gasteiger partial charge in [0.25, 0.3) is 0 Å². The smallest absolute Gasteiger partial charge is 0.128 e. The van der Waals surface area contributed by atoms with E-state index in [1.165, 1.54) is 6.07 Å². The summed E-state index contributed by atoms with van der Waals surface area (Å²) in [6.07, 6.45) is 2.16. The predicted octanol–water partition coefficient (Wildman–Crippen LogP) is 2.76. The van der Waals surface area contributed by atoms with Gasteiger partial charge in [0.05, 0.1) is 6.54 Å². The highest BCUT2D eigenvalue weighted by Crippen LogP contribution is 2.15. The summed E-state index contributed by atoms with van der Waals surface area (Å²) in [6.45, 7) is 5.24. The van der Waals surface area contributed by atoms with Crippen molar-refractivity contribution < 1.29 is 4.39 Å². The van der Waals surface area contributed by atoms with Crippen LogP contribution >= 0.6 is 0 Å². The minimum Gasteiger partial charge on any atom is -0.320 e. The van der Waals surface area contributed by atoms with Crippen LogP contribution in [0.2, 0.25) is 0 Å². The van der Waals surface area contributed by atoms with Gasteiger partial charge in [-0.1, -0.05) is 31.8 Å². The lowest BCUT2D eigenvalue weighted by atomic mass is 10.1. The lowest BCUT2D eigenvalue weighted by Gasteiger charge is -2.26. The van der Waals surface area contributed by atoms with Gasteiger partial charge in [-0.2, -0.15) is 0 Å². The van der Waals surface area contributed by atoms with Crippen molar-refractivity contribution in [2.75, 3.05) is 13.6 Å². The van der Waals surface area contributed by atoms with Crippen LogP contribution in [-0.4, -0.2) is 24.5 Å². The van der Waals surface area contributed by atoms with Gasteiger partial charge < -0.3 is 5.73 Å². The largest absolute Gasteiger partial charge is 0.320 e.